The Hall–Kier alpha value is -3.77. The molecule has 0 fully saturated rings. The zero-order valence-corrected chi connectivity index (χ0v) is 16.7. The van der Waals surface area contributed by atoms with E-state index in [1.165, 1.54) is 16.2 Å². The van der Waals surface area contributed by atoms with Crippen LogP contribution in [-0.2, 0) is 16.1 Å². The summed E-state index contributed by atoms with van der Waals surface area (Å²) in [5, 5.41) is 7.22. The molecule has 0 saturated carbocycles. The van der Waals surface area contributed by atoms with Gasteiger partial charge in [-0.1, -0.05) is 48.5 Å². The molecule has 4 aromatic rings. The lowest BCUT2D eigenvalue weighted by Crippen LogP contribution is -2.32. The third-order valence-electron chi connectivity index (χ3n) is 5.03. The van der Waals surface area contributed by atoms with Crippen LogP contribution in [0.5, 0.6) is 0 Å². The Labute approximate surface area is 177 Å². The largest absolute Gasteiger partial charge is 0.350 e. The number of imide groups is 1. The SMILES string of the molecule is O=C1C(Nc2cccc3ccccc23)=C(c2cccs2)C(=O)N1Cc1ccccn1. The lowest BCUT2D eigenvalue weighted by molar-refractivity contribution is -0.137. The normalized spacial score (nSPS) is 14.1. The Balaban J connectivity index is 1.57. The van der Waals surface area contributed by atoms with Crippen molar-refractivity contribution < 1.29 is 9.59 Å². The maximum Gasteiger partial charge on any atom is 0.278 e. The number of carbonyl (C=O) groups is 2. The molecule has 0 unspecified atom stereocenters. The van der Waals surface area contributed by atoms with Crippen molar-refractivity contribution in [2.45, 2.75) is 6.54 Å². The number of aromatic nitrogens is 1. The van der Waals surface area contributed by atoms with Gasteiger partial charge in [-0.2, -0.15) is 0 Å². The summed E-state index contributed by atoms with van der Waals surface area (Å²) in [5.41, 5.74) is 2.16. The number of carbonyl (C=O) groups excluding carboxylic acids is 2. The first kappa shape index (κ1) is 18.3. The molecule has 1 aliphatic rings. The van der Waals surface area contributed by atoms with Crippen molar-refractivity contribution >= 4 is 45.2 Å². The Morgan fingerprint density at radius 2 is 1.70 bits per heavy atom. The summed E-state index contributed by atoms with van der Waals surface area (Å²) in [6, 6.07) is 23.0. The van der Waals surface area contributed by atoms with Gasteiger partial charge in [0, 0.05) is 22.1 Å². The number of nitrogens with zero attached hydrogens (tertiary/aromatic N) is 2. The van der Waals surface area contributed by atoms with Crippen molar-refractivity contribution in [2.75, 3.05) is 5.32 Å². The van der Waals surface area contributed by atoms with E-state index in [9.17, 15) is 9.59 Å². The van der Waals surface area contributed by atoms with Crippen LogP contribution in [-0.4, -0.2) is 21.7 Å². The zero-order chi connectivity index (χ0) is 20.5. The third-order valence-corrected chi connectivity index (χ3v) is 5.92. The molecule has 6 heteroatoms. The highest BCUT2D eigenvalue weighted by molar-refractivity contribution is 7.11. The highest BCUT2D eigenvalue weighted by Gasteiger charge is 2.40. The molecule has 0 spiro atoms. The van der Waals surface area contributed by atoms with E-state index in [4.69, 9.17) is 0 Å². The van der Waals surface area contributed by atoms with E-state index in [0.717, 1.165) is 21.3 Å². The highest BCUT2D eigenvalue weighted by atomic mass is 32.1. The predicted octanol–water partition coefficient (Wildman–Crippen LogP) is 4.69. The summed E-state index contributed by atoms with van der Waals surface area (Å²) in [6.45, 7) is 0.133. The molecule has 2 amide bonds. The lowest BCUT2D eigenvalue weighted by Gasteiger charge is -2.15. The number of hydrogen-bond donors (Lipinski definition) is 1. The molecule has 2 aromatic heterocycles. The van der Waals surface area contributed by atoms with Crippen LogP contribution in [0.1, 0.15) is 10.6 Å². The molecule has 1 N–H and O–H groups in total. The summed E-state index contributed by atoms with van der Waals surface area (Å²) >= 11 is 1.44. The van der Waals surface area contributed by atoms with Crippen molar-refractivity contribution in [3.05, 3.63) is 101 Å². The number of thiophene rings is 1. The fraction of sp³-hybridized carbons (Fsp3) is 0.0417. The molecular formula is C24H17N3O2S. The number of amides is 2. The fourth-order valence-electron chi connectivity index (χ4n) is 3.61. The van der Waals surface area contributed by atoms with Gasteiger partial charge in [-0.15, -0.1) is 11.3 Å². The smallest absolute Gasteiger partial charge is 0.278 e. The molecule has 146 valence electrons. The van der Waals surface area contributed by atoms with Crippen molar-refractivity contribution in [1.29, 1.82) is 0 Å². The van der Waals surface area contributed by atoms with Crippen LogP contribution in [0, 0.1) is 0 Å². The number of fused-ring (bicyclic) bond motifs is 1. The van der Waals surface area contributed by atoms with E-state index in [0.29, 0.717) is 17.0 Å². The van der Waals surface area contributed by atoms with Gasteiger partial charge in [-0.25, -0.2) is 0 Å². The van der Waals surface area contributed by atoms with Crippen LogP contribution in [0.15, 0.2) is 90.1 Å². The second-order valence-corrected chi connectivity index (χ2v) is 7.84. The summed E-state index contributed by atoms with van der Waals surface area (Å²) in [5.74, 6) is -0.655. The van der Waals surface area contributed by atoms with Gasteiger partial charge >= 0.3 is 0 Å². The van der Waals surface area contributed by atoms with Gasteiger partial charge in [-0.3, -0.25) is 19.5 Å². The van der Waals surface area contributed by atoms with Crippen LogP contribution in [0.25, 0.3) is 16.3 Å². The van der Waals surface area contributed by atoms with E-state index >= 15 is 0 Å². The van der Waals surface area contributed by atoms with Crippen molar-refractivity contribution in [3.8, 4) is 0 Å². The zero-order valence-electron chi connectivity index (χ0n) is 15.9. The molecule has 2 aromatic carbocycles. The first-order valence-corrected chi connectivity index (χ1v) is 10.4. The van der Waals surface area contributed by atoms with Crippen LogP contribution in [0.4, 0.5) is 5.69 Å². The molecule has 5 rings (SSSR count). The van der Waals surface area contributed by atoms with E-state index < -0.39 is 0 Å². The minimum atomic E-state index is -0.345. The quantitative estimate of drug-likeness (QED) is 0.484. The van der Waals surface area contributed by atoms with E-state index in [-0.39, 0.29) is 18.4 Å². The van der Waals surface area contributed by atoms with Gasteiger partial charge in [0.1, 0.15) is 5.70 Å². The first-order valence-electron chi connectivity index (χ1n) is 9.51. The van der Waals surface area contributed by atoms with Crippen LogP contribution >= 0.6 is 11.3 Å². The number of pyridine rings is 1. The van der Waals surface area contributed by atoms with Gasteiger partial charge < -0.3 is 5.32 Å². The molecule has 0 atom stereocenters. The van der Waals surface area contributed by atoms with Gasteiger partial charge in [0.25, 0.3) is 11.8 Å². The number of hydrogen-bond acceptors (Lipinski definition) is 5. The molecular weight excluding hydrogens is 394 g/mol. The predicted molar refractivity (Wildman–Crippen MR) is 119 cm³/mol. The Morgan fingerprint density at radius 3 is 2.50 bits per heavy atom. The van der Waals surface area contributed by atoms with Crippen molar-refractivity contribution in [1.82, 2.24) is 9.88 Å². The maximum atomic E-state index is 13.3. The van der Waals surface area contributed by atoms with Crippen LogP contribution < -0.4 is 5.32 Å². The van der Waals surface area contributed by atoms with Crippen LogP contribution in [0.3, 0.4) is 0 Å². The Morgan fingerprint density at radius 1 is 0.867 bits per heavy atom. The van der Waals surface area contributed by atoms with E-state index in [1.807, 2.05) is 72.1 Å². The van der Waals surface area contributed by atoms with Gasteiger partial charge in [0.15, 0.2) is 0 Å². The third kappa shape index (κ3) is 3.17. The Kier molecular flexibility index (Phi) is 4.61. The molecule has 0 saturated heterocycles. The number of benzene rings is 2. The van der Waals surface area contributed by atoms with Gasteiger partial charge in [-0.05, 0) is 35.0 Å². The molecule has 1 aliphatic heterocycles. The summed E-state index contributed by atoms with van der Waals surface area (Å²) in [7, 11) is 0. The summed E-state index contributed by atoms with van der Waals surface area (Å²) in [6.07, 6.45) is 1.66. The topological polar surface area (TPSA) is 62.3 Å². The number of anilines is 1. The Bertz CT molecular complexity index is 1280. The summed E-state index contributed by atoms with van der Waals surface area (Å²) < 4.78 is 0. The molecule has 0 bridgehead atoms. The molecule has 0 radical (unpaired) electrons. The van der Waals surface area contributed by atoms with Crippen molar-refractivity contribution in [2.24, 2.45) is 0 Å². The molecule has 30 heavy (non-hydrogen) atoms. The average molecular weight is 411 g/mol. The van der Waals surface area contributed by atoms with Crippen molar-refractivity contribution in [3.63, 3.8) is 0 Å². The first-order chi connectivity index (χ1) is 14.7. The van der Waals surface area contributed by atoms with E-state index in [1.54, 1.807) is 12.3 Å². The molecule has 0 aliphatic carbocycles. The molecule has 3 heterocycles. The standard InChI is InChI=1S/C24H17N3O2S/c28-23-21(20-12-6-14-30-20)22(24(29)27(23)15-17-9-3-4-13-25-17)26-19-11-5-8-16-7-1-2-10-18(16)19/h1-14,26H,15H2. The number of rotatable bonds is 5. The van der Waals surface area contributed by atoms with E-state index in [2.05, 4.69) is 10.3 Å². The minimum absolute atomic E-state index is 0.133. The second-order valence-electron chi connectivity index (χ2n) is 6.90. The highest BCUT2D eigenvalue weighted by Crippen LogP contribution is 2.35. The average Bonchev–Trinajstić information content (AvgIpc) is 3.38. The summed E-state index contributed by atoms with van der Waals surface area (Å²) in [4.78, 5) is 32.9. The lowest BCUT2D eigenvalue weighted by atomic mass is 10.1. The second kappa shape index (κ2) is 7.57. The van der Waals surface area contributed by atoms with Gasteiger partial charge in [0.05, 0.1) is 17.8 Å². The minimum Gasteiger partial charge on any atom is -0.350 e. The maximum absolute atomic E-state index is 13.3. The number of nitrogens with one attached hydrogen (secondary N) is 1. The monoisotopic (exact) mass is 411 g/mol. The fourth-order valence-corrected chi connectivity index (χ4v) is 4.38. The van der Waals surface area contributed by atoms with Crippen LogP contribution in [0.2, 0.25) is 0 Å². The molecule has 5 nitrogen and oxygen atoms in total. The van der Waals surface area contributed by atoms with Gasteiger partial charge in [0.2, 0.25) is 0 Å².